The molecular formula is C13H21NO3S. The second-order valence-electron chi connectivity index (χ2n) is 4.55. The Morgan fingerprint density at radius 3 is 2.83 bits per heavy atom. The minimum absolute atomic E-state index is 0.194. The highest BCUT2D eigenvalue weighted by atomic mass is 32.1. The van der Waals surface area contributed by atoms with Crippen LogP contribution in [-0.2, 0) is 20.7 Å². The Kier molecular flexibility index (Phi) is 6.90. The molecule has 1 rings (SSSR count). The molecule has 0 aliphatic rings. The number of carbonyl (C=O) groups excluding carboxylic acids is 1. The van der Waals surface area contributed by atoms with Gasteiger partial charge in [0.15, 0.2) is 0 Å². The van der Waals surface area contributed by atoms with E-state index in [1.807, 2.05) is 12.4 Å². The molecule has 1 aromatic rings. The summed E-state index contributed by atoms with van der Waals surface area (Å²) in [5.41, 5.74) is 2.84. The molecule has 0 saturated heterocycles. The third-order valence-corrected chi connectivity index (χ3v) is 3.33. The fourth-order valence-electron chi connectivity index (χ4n) is 1.37. The number of carbonyl (C=O) groups is 1. The van der Waals surface area contributed by atoms with Crippen molar-refractivity contribution in [1.29, 1.82) is 0 Å². The molecule has 0 unspecified atom stereocenters. The second-order valence-corrected chi connectivity index (χ2v) is 5.49. The predicted octanol–water partition coefficient (Wildman–Crippen LogP) is 2.60. The SMILES string of the molecule is Cc1ncsc1CCOC(=O)CCOCC(C)C. The summed E-state index contributed by atoms with van der Waals surface area (Å²) in [5.74, 6) is 0.302. The molecular weight excluding hydrogens is 250 g/mol. The average molecular weight is 271 g/mol. The molecule has 1 aromatic heterocycles. The van der Waals surface area contributed by atoms with Crippen molar-refractivity contribution >= 4 is 17.3 Å². The van der Waals surface area contributed by atoms with Crippen LogP contribution in [-0.4, -0.2) is 30.8 Å². The maximum absolute atomic E-state index is 11.4. The summed E-state index contributed by atoms with van der Waals surface area (Å²) in [4.78, 5) is 16.7. The Bertz CT molecular complexity index is 363. The number of thiazole rings is 1. The summed E-state index contributed by atoms with van der Waals surface area (Å²) in [6.07, 6.45) is 1.07. The second kappa shape index (κ2) is 8.21. The lowest BCUT2D eigenvalue weighted by Crippen LogP contribution is -2.12. The number of esters is 1. The summed E-state index contributed by atoms with van der Waals surface area (Å²) in [6.45, 7) is 7.68. The molecule has 4 nitrogen and oxygen atoms in total. The number of hydrogen-bond donors (Lipinski definition) is 0. The molecule has 1 heterocycles. The molecule has 18 heavy (non-hydrogen) atoms. The van der Waals surface area contributed by atoms with Crippen LogP contribution >= 0.6 is 11.3 Å². The third-order valence-electron chi connectivity index (χ3n) is 2.34. The highest BCUT2D eigenvalue weighted by Crippen LogP contribution is 2.12. The Balaban J connectivity index is 2.05. The van der Waals surface area contributed by atoms with Gasteiger partial charge in [-0.3, -0.25) is 4.79 Å². The van der Waals surface area contributed by atoms with Crippen molar-refractivity contribution in [1.82, 2.24) is 4.98 Å². The molecule has 0 spiro atoms. The van der Waals surface area contributed by atoms with E-state index in [-0.39, 0.29) is 5.97 Å². The molecule has 0 saturated carbocycles. The van der Waals surface area contributed by atoms with Crippen molar-refractivity contribution < 1.29 is 14.3 Å². The standard InChI is InChI=1S/C13H21NO3S/c1-10(2)8-16-6-5-13(15)17-7-4-12-11(3)14-9-18-12/h9-10H,4-8H2,1-3H3. The Morgan fingerprint density at radius 1 is 1.44 bits per heavy atom. The highest BCUT2D eigenvalue weighted by molar-refractivity contribution is 7.09. The van der Waals surface area contributed by atoms with E-state index in [1.54, 1.807) is 11.3 Å². The van der Waals surface area contributed by atoms with E-state index in [1.165, 1.54) is 4.88 Å². The molecule has 0 atom stereocenters. The number of ether oxygens (including phenoxy) is 2. The number of rotatable bonds is 8. The maximum atomic E-state index is 11.4. The first kappa shape index (κ1) is 15.1. The van der Waals surface area contributed by atoms with Crippen molar-refractivity contribution in [2.75, 3.05) is 19.8 Å². The number of aryl methyl sites for hydroxylation is 1. The van der Waals surface area contributed by atoms with Crippen molar-refractivity contribution in [3.8, 4) is 0 Å². The molecule has 0 amide bonds. The van der Waals surface area contributed by atoms with Gasteiger partial charge in [0.05, 0.1) is 30.8 Å². The summed E-state index contributed by atoms with van der Waals surface area (Å²) < 4.78 is 10.5. The smallest absolute Gasteiger partial charge is 0.308 e. The number of hydrogen-bond acceptors (Lipinski definition) is 5. The molecule has 0 radical (unpaired) electrons. The summed E-state index contributed by atoms with van der Waals surface area (Å²) in [6, 6.07) is 0. The Morgan fingerprint density at radius 2 is 2.22 bits per heavy atom. The topological polar surface area (TPSA) is 48.4 Å². The third kappa shape index (κ3) is 6.12. The van der Waals surface area contributed by atoms with Gasteiger partial charge in [0.2, 0.25) is 0 Å². The minimum Gasteiger partial charge on any atom is -0.465 e. The van der Waals surface area contributed by atoms with Crippen LogP contribution in [0, 0.1) is 12.8 Å². The van der Waals surface area contributed by atoms with Crippen LogP contribution in [0.25, 0.3) is 0 Å². The summed E-state index contributed by atoms with van der Waals surface area (Å²) >= 11 is 1.60. The summed E-state index contributed by atoms with van der Waals surface area (Å²) in [7, 11) is 0. The van der Waals surface area contributed by atoms with Crippen LogP contribution in [0.15, 0.2) is 5.51 Å². The zero-order chi connectivity index (χ0) is 13.4. The maximum Gasteiger partial charge on any atom is 0.308 e. The van der Waals surface area contributed by atoms with Gasteiger partial charge in [-0.25, -0.2) is 4.98 Å². The van der Waals surface area contributed by atoms with Gasteiger partial charge in [-0.1, -0.05) is 13.8 Å². The molecule has 0 aliphatic heterocycles. The van der Waals surface area contributed by atoms with E-state index in [0.29, 0.717) is 32.2 Å². The van der Waals surface area contributed by atoms with Crippen molar-refractivity contribution in [3.05, 3.63) is 16.1 Å². The largest absolute Gasteiger partial charge is 0.465 e. The van der Waals surface area contributed by atoms with Crippen LogP contribution in [0.1, 0.15) is 30.8 Å². The lowest BCUT2D eigenvalue weighted by Gasteiger charge is -2.07. The first-order chi connectivity index (χ1) is 8.59. The van der Waals surface area contributed by atoms with E-state index in [9.17, 15) is 4.79 Å². The van der Waals surface area contributed by atoms with Crippen molar-refractivity contribution in [3.63, 3.8) is 0 Å². The van der Waals surface area contributed by atoms with Gasteiger partial charge in [-0.15, -0.1) is 11.3 Å². The molecule has 0 N–H and O–H groups in total. The number of aromatic nitrogens is 1. The van der Waals surface area contributed by atoms with E-state index >= 15 is 0 Å². The number of nitrogens with zero attached hydrogens (tertiary/aromatic N) is 1. The first-order valence-corrected chi connectivity index (χ1v) is 7.10. The zero-order valence-corrected chi connectivity index (χ0v) is 12.1. The van der Waals surface area contributed by atoms with E-state index in [4.69, 9.17) is 9.47 Å². The first-order valence-electron chi connectivity index (χ1n) is 6.22. The summed E-state index contributed by atoms with van der Waals surface area (Å²) in [5, 5.41) is 0. The molecule has 0 fully saturated rings. The van der Waals surface area contributed by atoms with Crippen LogP contribution < -0.4 is 0 Å². The van der Waals surface area contributed by atoms with E-state index in [0.717, 1.165) is 12.1 Å². The van der Waals surface area contributed by atoms with Gasteiger partial charge >= 0.3 is 5.97 Å². The van der Waals surface area contributed by atoms with Gasteiger partial charge in [0, 0.05) is 17.9 Å². The molecule has 0 bridgehead atoms. The minimum atomic E-state index is -0.194. The van der Waals surface area contributed by atoms with Crippen molar-refractivity contribution in [2.24, 2.45) is 5.92 Å². The van der Waals surface area contributed by atoms with Gasteiger partial charge in [0.25, 0.3) is 0 Å². The fourth-order valence-corrected chi connectivity index (χ4v) is 2.13. The van der Waals surface area contributed by atoms with E-state index < -0.39 is 0 Å². The average Bonchev–Trinajstić information content (AvgIpc) is 2.70. The van der Waals surface area contributed by atoms with Crippen molar-refractivity contribution in [2.45, 2.75) is 33.6 Å². The lowest BCUT2D eigenvalue weighted by atomic mass is 10.2. The quantitative estimate of drug-likeness (QED) is 0.538. The Labute approximate surface area is 112 Å². The molecule has 0 aromatic carbocycles. The molecule has 102 valence electrons. The van der Waals surface area contributed by atoms with Gasteiger partial charge in [-0.05, 0) is 12.8 Å². The highest BCUT2D eigenvalue weighted by Gasteiger charge is 2.05. The molecule has 5 heteroatoms. The zero-order valence-electron chi connectivity index (χ0n) is 11.3. The Hall–Kier alpha value is -0.940. The van der Waals surface area contributed by atoms with E-state index in [2.05, 4.69) is 18.8 Å². The van der Waals surface area contributed by atoms with Crippen LogP contribution in [0.3, 0.4) is 0 Å². The monoisotopic (exact) mass is 271 g/mol. The lowest BCUT2D eigenvalue weighted by molar-refractivity contribution is -0.144. The van der Waals surface area contributed by atoms with Crippen LogP contribution in [0.2, 0.25) is 0 Å². The van der Waals surface area contributed by atoms with Crippen LogP contribution in [0.5, 0.6) is 0 Å². The van der Waals surface area contributed by atoms with Gasteiger partial charge < -0.3 is 9.47 Å². The van der Waals surface area contributed by atoms with Gasteiger partial charge in [0.1, 0.15) is 0 Å². The molecule has 0 aliphatic carbocycles. The van der Waals surface area contributed by atoms with Gasteiger partial charge in [-0.2, -0.15) is 0 Å². The predicted molar refractivity (Wildman–Crippen MR) is 71.8 cm³/mol. The van der Waals surface area contributed by atoms with Crippen LogP contribution in [0.4, 0.5) is 0 Å². The normalized spacial score (nSPS) is 10.9. The fraction of sp³-hybridized carbons (Fsp3) is 0.692.